The minimum atomic E-state index is -1.86. The number of carbonyl (C=O) groups excluding carboxylic acids is 3. The summed E-state index contributed by atoms with van der Waals surface area (Å²) in [6.45, 7) is 14.1. The van der Waals surface area contributed by atoms with Crippen LogP contribution < -0.4 is 0 Å². The molecule has 5 heterocycles. The third-order valence-corrected chi connectivity index (χ3v) is 11.0. The van der Waals surface area contributed by atoms with Gasteiger partial charge in [-0.1, -0.05) is 69.7 Å². The van der Waals surface area contributed by atoms with E-state index >= 15 is 0 Å². The van der Waals surface area contributed by atoms with Gasteiger partial charge in [0.1, 0.15) is 29.5 Å². The van der Waals surface area contributed by atoms with E-state index in [0.717, 1.165) is 12.0 Å². The van der Waals surface area contributed by atoms with Crippen LogP contribution in [0.5, 0.6) is 0 Å². The Kier molecular flexibility index (Phi) is 11.2. The molecule has 1 spiro atoms. The van der Waals surface area contributed by atoms with Crippen molar-refractivity contribution >= 4 is 17.7 Å². The SMILES string of the molecule is CC1=C[C@H]2C(=O)O[C@H]3C[C@@H](C/C=C(\C)C[C@@H](C)/C=C/C=C4\CO[C@H]([C@@H]1OC(=O)c1ccncc1)[C@@]42O)O[C@@]1(CC(=O)[C@H](C)[C@@H](/C(C)=C/C(C)C)O1)C3. The summed E-state index contributed by atoms with van der Waals surface area (Å²) >= 11 is 0. The predicted molar refractivity (Wildman–Crippen MR) is 194 cm³/mol. The van der Waals surface area contributed by atoms with Crippen LogP contribution in [0.4, 0.5) is 0 Å². The summed E-state index contributed by atoms with van der Waals surface area (Å²) in [7, 11) is 0. The van der Waals surface area contributed by atoms with E-state index in [9.17, 15) is 19.5 Å². The molecule has 10 nitrogen and oxygen atoms in total. The van der Waals surface area contributed by atoms with Crippen molar-refractivity contribution in [3.05, 3.63) is 88.8 Å². The van der Waals surface area contributed by atoms with E-state index in [0.29, 0.717) is 29.6 Å². The highest BCUT2D eigenvalue weighted by Crippen LogP contribution is 2.48. The molecular weight excluding hydrogens is 662 g/mol. The van der Waals surface area contributed by atoms with Gasteiger partial charge < -0.3 is 28.8 Å². The molecule has 280 valence electrons. The predicted octanol–water partition coefficient (Wildman–Crippen LogP) is 6.56. The van der Waals surface area contributed by atoms with E-state index in [1.807, 2.05) is 19.9 Å². The first-order valence-electron chi connectivity index (χ1n) is 18.6. The highest BCUT2D eigenvalue weighted by atomic mass is 16.7. The van der Waals surface area contributed by atoms with E-state index in [-0.39, 0.29) is 49.1 Å². The minimum Gasteiger partial charge on any atom is -0.462 e. The molecule has 10 atom stereocenters. The molecule has 0 saturated carbocycles. The van der Waals surface area contributed by atoms with Gasteiger partial charge in [0.05, 0.1) is 30.8 Å². The van der Waals surface area contributed by atoms with E-state index < -0.39 is 53.7 Å². The molecule has 1 aliphatic carbocycles. The number of hydrogen-bond acceptors (Lipinski definition) is 10. The van der Waals surface area contributed by atoms with Gasteiger partial charge >= 0.3 is 11.9 Å². The van der Waals surface area contributed by atoms with Gasteiger partial charge in [0, 0.05) is 31.2 Å². The van der Waals surface area contributed by atoms with Crippen molar-refractivity contribution in [1.29, 1.82) is 0 Å². The van der Waals surface area contributed by atoms with Gasteiger partial charge in [0.2, 0.25) is 0 Å². The number of aliphatic hydroxyl groups is 1. The Morgan fingerprint density at radius 2 is 1.87 bits per heavy atom. The lowest BCUT2D eigenvalue weighted by atomic mass is 9.70. The lowest BCUT2D eigenvalue weighted by molar-refractivity contribution is -0.319. The number of fused-ring (bicyclic) bond motifs is 2. The number of rotatable bonds is 4. The number of pyridine rings is 1. The van der Waals surface area contributed by atoms with Crippen LogP contribution >= 0.6 is 0 Å². The van der Waals surface area contributed by atoms with Gasteiger partial charge in [-0.3, -0.25) is 14.6 Å². The molecule has 0 amide bonds. The summed E-state index contributed by atoms with van der Waals surface area (Å²) in [5.74, 6) is -3.51. The molecule has 52 heavy (non-hydrogen) atoms. The summed E-state index contributed by atoms with van der Waals surface area (Å²) < 4.78 is 32.0. The molecule has 6 rings (SSSR count). The van der Waals surface area contributed by atoms with Crippen LogP contribution in [-0.2, 0) is 33.3 Å². The molecule has 0 unspecified atom stereocenters. The van der Waals surface area contributed by atoms with Gasteiger partial charge in [-0.15, -0.1) is 0 Å². The molecule has 1 N–H and O–H groups in total. The highest BCUT2D eigenvalue weighted by molar-refractivity contribution is 5.89. The van der Waals surface area contributed by atoms with Crippen LogP contribution in [0.3, 0.4) is 0 Å². The van der Waals surface area contributed by atoms with Crippen LogP contribution in [0.15, 0.2) is 83.3 Å². The third-order valence-electron chi connectivity index (χ3n) is 11.0. The second-order valence-corrected chi connectivity index (χ2v) is 15.8. The molecule has 10 heteroatoms. The number of allylic oxidation sites excluding steroid dienone is 5. The zero-order chi connectivity index (χ0) is 37.4. The van der Waals surface area contributed by atoms with Crippen molar-refractivity contribution in [2.45, 2.75) is 122 Å². The summed E-state index contributed by atoms with van der Waals surface area (Å²) in [5.41, 5.74) is 1.65. The lowest BCUT2D eigenvalue weighted by Gasteiger charge is -2.49. The Bertz CT molecular complexity index is 1690. The lowest BCUT2D eigenvalue weighted by Crippen LogP contribution is -2.59. The van der Waals surface area contributed by atoms with Crippen molar-refractivity contribution in [2.75, 3.05) is 6.61 Å². The second-order valence-electron chi connectivity index (χ2n) is 15.8. The number of ketones is 1. The number of aromatic nitrogens is 1. The van der Waals surface area contributed by atoms with Crippen molar-refractivity contribution in [3.8, 4) is 0 Å². The zero-order valence-corrected chi connectivity index (χ0v) is 31.4. The summed E-state index contributed by atoms with van der Waals surface area (Å²) in [5, 5.41) is 12.7. The molecule has 5 aliphatic rings. The molecule has 0 aromatic carbocycles. The third kappa shape index (κ3) is 7.81. The minimum absolute atomic E-state index is 0.0360. The zero-order valence-electron chi connectivity index (χ0n) is 31.4. The van der Waals surface area contributed by atoms with Crippen molar-refractivity contribution in [2.24, 2.45) is 23.7 Å². The Labute approximate surface area is 307 Å². The van der Waals surface area contributed by atoms with Gasteiger partial charge in [0.15, 0.2) is 11.9 Å². The average Bonchev–Trinajstić information content (AvgIpc) is 3.42. The van der Waals surface area contributed by atoms with E-state index in [1.165, 1.54) is 18.0 Å². The maximum Gasteiger partial charge on any atom is 0.338 e. The van der Waals surface area contributed by atoms with Crippen molar-refractivity contribution in [3.63, 3.8) is 0 Å². The normalized spacial score (nSPS) is 39.8. The highest BCUT2D eigenvalue weighted by Gasteiger charge is 2.61. The summed E-state index contributed by atoms with van der Waals surface area (Å²) in [6.07, 6.45) is 13.1. The van der Waals surface area contributed by atoms with Crippen LogP contribution in [0, 0.1) is 23.7 Å². The smallest absolute Gasteiger partial charge is 0.338 e. The number of esters is 2. The number of Topliss-reactive ketones (excluding diaryl/α,β-unsaturated/α-hetero) is 1. The summed E-state index contributed by atoms with van der Waals surface area (Å²) in [4.78, 5) is 45.2. The molecule has 4 aliphatic heterocycles. The fourth-order valence-electron chi connectivity index (χ4n) is 8.50. The van der Waals surface area contributed by atoms with Gasteiger partial charge in [0.25, 0.3) is 0 Å². The van der Waals surface area contributed by atoms with E-state index in [4.69, 9.17) is 23.7 Å². The van der Waals surface area contributed by atoms with Gasteiger partial charge in [-0.05, 0) is 74.3 Å². The van der Waals surface area contributed by atoms with E-state index in [1.54, 1.807) is 31.2 Å². The molecule has 3 fully saturated rings. The van der Waals surface area contributed by atoms with Gasteiger partial charge in [-0.2, -0.15) is 0 Å². The monoisotopic (exact) mass is 715 g/mol. The van der Waals surface area contributed by atoms with Crippen LogP contribution in [0.25, 0.3) is 0 Å². The Morgan fingerprint density at radius 1 is 1.12 bits per heavy atom. The number of ether oxygens (including phenoxy) is 5. The topological polar surface area (TPSA) is 130 Å². The molecule has 1 aromatic heterocycles. The standard InChI is InChI=1S/C42H53NO9/c1-24(2)17-27(5)36-29(7)35(44)22-41(52-36)21-33-20-32(51-41)12-11-26(4)18-25(3)9-8-10-31-23-48-38-37(50-39(45)30-13-15-43-16-14-30)28(6)19-34(40(46)49-33)42(31,38)47/h8-11,13-17,19,24-25,29,32-34,36-38,47H,12,18,20-23H2,1-7H3/b9-8+,26-11+,27-17+,31-10+/t25-,29-,32+,33-,34-,36+,37+,38+,41-,42+/m0/s1. The maximum atomic E-state index is 14.4. The Morgan fingerprint density at radius 3 is 2.60 bits per heavy atom. The van der Waals surface area contributed by atoms with E-state index in [2.05, 4.69) is 50.9 Å². The number of hydrogen-bond donors (Lipinski definition) is 1. The Balaban J connectivity index is 1.37. The molecular formula is C42H53NO9. The summed E-state index contributed by atoms with van der Waals surface area (Å²) in [6, 6.07) is 3.11. The number of nitrogens with zero attached hydrogens (tertiary/aromatic N) is 1. The van der Waals surface area contributed by atoms with Crippen LogP contribution in [-0.4, -0.2) is 76.3 Å². The van der Waals surface area contributed by atoms with Crippen LogP contribution in [0.1, 0.15) is 90.9 Å². The van der Waals surface area contributed by atoms with Crippen LogP contribution in [0.2, 0.25) is 0 Å². The van der Waals surface area contributed by atoms with Crippen molar-refractivity contribution < 1.29 is 43.2 Å². The first kappa shape index (κ1) is 38.0. The molecule has 2 bridgehead atoms. The maximum absolute atomic E-state index is 14.4. The largest absolute Gasteiger partial charge is 0.462 e. The number of carbonyl (C=O) groups is 3. The first-order valence-corrected chi connectivity index (χ1v) is 18.6. The Hall–Kier alpha value is -3.70. The molecule has 3 saturated heterocycles. The fraction of sp³-hybridized carbons (Fsp3) is 0.571. The second kappa shape index (κ2) is 15.3. The molecule has 1 aromatic rings. The van der Waals surface area contributed by atoms with Gasteiger partial charge in [-0.25, -0.2) is 4.79 Å². The first-order chi connectivity index (χ1) is 24.7. The fourth-order valence-corrected chi connectivity index (χ4v) is 8.50. The quantitative estimate of drug-likeness (QED) is 0.270. The molecule has 0 radical (unpaired) electrons. The van der Waals surface area contributed by atoms with Crippen molar-refractivity contribution in [1.82, 2.24) is 4.98 Å². The average molecular weight is 716 g/mol.